The molecule has 1 aliphatic rings. The van der Waals surface area contributed by atoms with E-state index in [-0.39, 0.29) is 11.4 Å². The summed E-state index contributed by atoms with van der Waals surface area (Å²) in [4.78, 5) is 15.6. The molecule has 28 heavy (non-hydrogen) atoms. The summed E-state index contributed by atoms with van der Waals surface area (Å²) in [6.07, 6.45) is 3.57. The third-order valence-corrected chi connectivity index (χ3v) is 6.24. The average molecular weight is 392 g/mol. The van der Waals surface area contributed by atoms with E-state index in [4.69, 9.17) is 11.5 Å². The van der Waals surface area contributed by atoms with Crippen molar-refractivity contribution >= 4 is 39.3 Å². The number of fused-ring (bicyclic) bond motifs is 1. The lowest BCUT2D eigenvalue weighted by Crippen LogP contribution is -2.44. The summed E-state index contributed by atoms with van der Waals surface area (Å²) in [7, 11) is 0. The lowest BCUT2D eigenvalue weighted by molar-refractivity contribution is 0.384. The fourth-order valence-corrected chi connectivity index (χ4v) is 4.80. The summed E-state index contributed by atoms with van der Waals surface area (Å²) >= 11 is 1.50. The van der Waals surface area contributed by atoms with Crippen molar-refractivity contribution in [2.45, 2.75) is 18.3 Å². The second-order valence-electron chi connectivity index (χ2n) is 7.04. The largest absolute Gasteiger partial charge is 0.375 e. The number of H-pyrrole nitrogens is 1. The number of aromatic amines is 1. The number of nitrogens with two attached hydrogens (primary N) is 2. The van der Waals surface area contributed by atoms with Crippen LogP contribution in [0.5, 0.6) is 0 Å². The molecule has 1 aromatic carbocycles. The van der Waals surface area contributed by atoms with E-state index >= 15 is 0 Å². The third-order valence-electron chi connectivity index (χ3n) is 5.56. The average Bonchev–Trinajstić information content (AvgIpc) is 3.37. The van der Waals surface area contributed by atoms with Crippen molar-refractivity contribution in [3.05, 3.63) is 53.2 Å². The molecule has 142 valence electrons. The number of thiazole rings is 1. The van der Waals surface area contributed by atoms with E-state index in [1.54, 1.807) is 6.20 Å². The predicted molar refractivity (Wildman–Crippen MR) is 111 cm³/mol. The molecule has 0 amide bonds. The van der Waals surface area contributed by atoms with Gasteiger partial charge in [0, 0.05) is 23.9 Å². The van der Waals surface area contributed by atoms with E-state index in [2.05, 4.69) is 59.7 Å². The quantitative estimate of drug-likeness (QED) is 0.489. The lowest BCUT2D eigenvalue weighted by Gasteiger charge is -2.42. The van der Waals surface area contributed by atoms with Gasteiger partial charge in [-0.3, -0.25) is 5.10 Å². The minimum Gasteiger partial charge on any atom is -0.375 e. The van der Waals surface area contributed by atoms with Crippen LogP contribution in [0.3, 0.4) is 0 Å². The zero-order valence-electron chi connectivity index (χ0n) is 15.2. The molecule has 0 spiro atoms. The van der Waals surface area contributed by atoms with Gasteiger partial charge in [0.05, 0.1) is 17.3 Å². The van der Waals surface area contributed by atoms with Crippen molar-refractivity contribution in [1.82, 2.24) is 25.1 Å². The Morgan fingerprint density at radius 3 is 2.54 bits per heavy atom. The van der Waals surface area contributed by atoms with Gasteiger partial charge in [0.15, 0.2) is 10.8 Å². The molecule has 0 atom stereocenters. The molecule has 0 saturated carbocycles. The molecule has 0 radical (unpaired) electrons. The number of hydrogen-bond donors (Lipinski definition) is 3. The van der Waals surface area contributed by atoms with E-state index in [1.807, 2.05) is 6.07 Å². The van der Waals surface area contributed by atoms with Gasteiger partial charge in [-0.2, -0.15) is 15.1 Å². The smallest absolute Gasteiger partial charge is 0.224 e. The number of aromatic nitrogens is 5. The Balaban J connectivity index is 1.52. The number of anilines is 3. The van der Waals surface area contributed by atoms with Crippen LogP contribution in [0.25, 0.3) is 11.0 Å². The van der Waals surface area contributed by atoms with Crippen LogP contribution in [0.15, 0.2) is 41.9 Å². The van der Waals surface area contributed by atoms with Crippen LogP contribution < -0.4 is 16.4 Å². The molecule has 3 aromatic heterocycles. The summed E-state index contributed by atoms with van der Waals surface area (Å²) in [6, 6.07) is 10.6. The molecular formula is C19H20N8S. The maximum atomic E-state index is 5.96. The third kappa shape index (κ3) is 2.66. The second-order valence-corrected chi connectivity index (χ2v) is 7.93. The Labute approximate surface area is 165 Å². The minimum absolute atomic E-state index is 0.153. The fraction of sp³-hybridized carbons (Fsp3) is 0.263. The molecule has 1 fully saturated rings. The Morgan fingerprint density at radius 1 is 1.04 bits per heavy atom. The van der Waals surface area contributed by atoms with Crippen molar-refractivity contribution in [2.24, 2.45) is 0 Å². The molecule has 0 aliphatic carbocycles. The van der Waals surface area contributed by atoms with Crippen molar-refractivity contribution in [2.75, 3.05) is 29.5 Å². The normalized spacial score (nSPS) is 16.5. The van der Waals surface area contributed by atoms with E-state index < -0.39 is 0 Å². The summed E-state index contributed by atoms with van der Waals surface area (Å²) in [6.45, 7) is 1.64. The van der Waals surface area contributed by atoms with Gasteiger partial charge in [-0.05, 0) is 18.4 Å². The second kappa shape index (κ2) is 6.45. The summed E-state index contributed by atoms with van der Waals surface area (Å²) in [5, 5.41) is 10.6. The van der Waals surface area contributed by atoms with Crippen molar-refractivity contribution in [3.8, 4) is 0 Å². The Kier molecular flexibility index (Phi) is 3.90. The van der Waals surface area contributed by atoms with Gasteiger partial charge in [-0.15, -0.1) is 11.3 Å². The highest BCUT2D eigenvalue weighted by Gasteiger charge is 2.40. The van der Waals surface area contributed by atoms with Gasteiger partial charge >= 0.3 is 0 Å². The number of rotatable bonds is 3. The summed E-state index contributed by atoms with van der Waals surface area (Å²) in [5.41, 5.74) is 14.7. The van der Waals surface area contributed by atoms with Crippen LogP contribution >= 0.6 is 11.3 Å². The lowest BCUT2D eigenvalue weighted by atomic mass is 9.70. The number of nitrogens with one attached hydrogen (secondary N) is 1. The Hall–Kier alpha value is -3.20. The highest BCUT2D eigenvalue weighted by molar-refractivity contribution is 7.13. The minimum atomic E-state index is -0.153. The van der Waals surface area contributed by atoms with Gasteiger partial charge < -0.3 is 16.4 Å². The molecule has 5 N–H and O–H groups in total. The van der Waals surface area contributed by atoms with E-state index in [9.17, 15) is 0 Å². The van der Waals surface area contributed by atoms with E-state index in [1.165, 1.54) is 16.9 Å². The molecule has 1 saturated heterocycles. The topological polar surface area (TPSA) is 123 Å². The zero-order valence-corrected chi connectivity index (χ0v) is 16.0. The molecule has 5 rings (SSSR count). The highest BCUT2D eigenvalue weighted by Crippen LogP contribution is 2.43. The van der Waals surface area contributed by atoms with Gasteiger partial charge in [0.25, 0.3) is 0 Å². The van der Waals surface area contributed by atoms with Crippen LogP contribution in [-0.4, -0.2) is 38.2 Å². The number of nitrogens with zero attached hydrogens (tertiary/aromatic N) is 5. The number of benzene rings is 1. The Morgan fingerprint density at radius 2 is 1.82 bits per heavy atom. The number of nitrogen functional groups attached to an aromatic ring is 2. The predicted octanol–water partition coefficient (Wildman–Crippen LogP) is 2.56. The number of piperidine rings is 1. The van der Waals surface area contributed by atoms with Crippen molar-refractivity contribution < 1.29 is 0 Å². The molecule has 4 heterocycles. The molecule has 4 aromatic rings. The zero-order chi connectivity index (χ0) is 19.1. The first-order chi connectivity index (χ1) is 13.7. The van der Waals surface area contributed by atoms with Crippen molar-refractivity contribution in [1.29, 1.82) is 0 Å². The molecule has 0 bridgehead atoms. The van der Waals surface area contributed by atoms with Crippen LogP contribution in [-0.2, 0) is 5.41 Å². The molecular weight excluding hydrogens is 372 g/mol. The van der Waals surface area contributed by atoms with Crippen LogP contribution in [0, 0.1) is 0 Å². The maximum absolute atomic E-state index is 5.96. The first-order valence-electron chi connectivity index (χ1n) is 9.14. The van der Waals surface area contributed by atoms with Crippen LogP contribution in [0.1, 0.15) is 24.1 Å². The van der Waals surface area contributed by atoms with E-state index in [0.29, 0.717) is 10.8 Å². The first-order valence-corrected chi connectivity index (χ1v) is 10.0. The van der Waals surface area contributed by atoms with Crippen LogP contribution in [0.4, 0.5) is 16.9 Å². The van der Waals surface area contributed by atoms with E-state index in [0.717, 1.165) is 42.8 Å². The van der Waals surface area contributed by atoms with Crippen LogP contribution in [0.2, 0.25) is 0 Å². The summed E-state index contributed by atoms with van der Waals surface area (Å²) < 4.78 is 0. The monoisotopic (exact) mass is 392 g/mol. The molecule has 8 nitrogen and oxygen atoms in total. The van der Waals surface area contributed by atoms with Gasteiger partial charge in [-0.1, -0.05) is 30.3 Å². The fourth-order valence-electron chi connectivity index (χ4n) is 4.14. The maximum Gasteiger partial charge on any atom is 0.224 e. The standard InChI is InChI=1S/C19H20N8S/c20-17-24-15-13(10-22-26-15)16(25-17)27-8-6-19(7-9-27,12-4-2-1-3-5-12)14-11-28-18(21)23-14/h1-5,10-11H,6-9H2,(H2,21,23)(H3,20,22,24,25,26). The molecule has 1 aliphatic heterocycles. The molecule has 9 heteroatoms. The van der Waals surface area contributed by atoms with Gasteiger partial charge in [0.1, 0.15) is 5.82 Å². The number of hydrogen-bond acceptors (Lipinski definition) is 8. The SMILES string of the molecule is Nc1nc(N2CCC(c3ccccc3)(c3csc(N)n3)CC2)c2cn[nH]c2n1. The van der Waals surface area contributed by atoms with Crippen molar-refractivity contribution in [3.63, 3.8) is 0 Å². The molecule has 0 unspecified atom stereocenters. The Bertz CT molecular complexity index is 1110. The first kappa shape index (κ1) is 16.9. The highest BCUT2D eigenvalue weighted by atomic mass is 32.1. The van der Waals surface area contributed by atoms with Gasteiger partial charge in [-0.25, -0.2) is 4.98 Å². The van der Waals surface area contributed by atoms with Gasteiger partial charge in [0.2, 0.25) is 5.95 Å². The summed E-state index contributed by atoms with van der Waals surface area (Å²) in [5.74, 6) is 1.08.